The van der Waals surface area contributed by atoms with E-state index in [1.54, 1.807) is 0 Å². The van der Waals surface area contributed by atoms with E-state index in [9.17, 15) is 4.79 Å². The maximum absolute atomic E-state index is 11.6. The van der Waals surface area contributed by atoms with E-state index in [1.807, 2.05) is 18.3 Å². The summed E-state index contributed by atoms with van der Waals surface area (Å²) in [5, 5.41) is 2.96. The number of aromatic nitrogens is 1. The lowest BCUT2D eigenvalue weighted by Crippen LogP contribution is -2.45. The van der Waals surface area contributed by atoms with Crippen molar-refractivity contribution < 1.29 is 9.53 Å². The summed E-state index contributed by atoms with van der Waals surface area (Å²) in [4.78, 5) is 18.4. The molecule has 1 saturated carbocycles. The van der Waals surface area contributed by atoms with Crippen molar-refractivity contribution in [3.05, 3.63) is 23.9 Å². The fraction of sp³-hybridized carbons (Fsp3) is 0.625. The van der Waals surface area contributed by atoms with Gasteiger partial charge in [0.1, 0.15) is 5.82 Å². The summed E-state index contributed by atoms with van der Waals surface area (Å²) in [7, 11) is 0. The number of pyridine rings is 1. The van der Waals surface area contributed by atoms with Gasteiger partial charge in [-0.2, -0.15) is 0 Å². The molecule has 1 saturated heterocycles. The Balaban J connectivity index is 1.56. The van der Waals surface area contributed by atoms with E-state index < -0.39 is 0 Å². The molecule has 0 aromatic carbocycles. The monoisotopic (exact) mass is 289 g/mol. The molecule has 2 unspecified atom stereocenters. The van der Waals surface area contributed by atoms with Crippen LogP contribution in [0.15, 0.2) is 18.3 Å². The van der Waals surface area contributed by atoms with Gasteiger partial charge in [-0.1, -0.05) is 6.07 Å². The molecule has 0 spiro atoms. The molecule has 5 heteroatoms. The van der Waals surface area contributed by atoms with Gasteiger partial charge in [-0.25, -0.2) is 4.98 Å². The third-order valence-corrected chi connectivity index (χ3v) is 3.97. The van der Waals surface area contributed by atoms with Crippen LogP contribution >= 0.6 is 0 Å². The third kappa shape index (κ3) is 3.73. The predicted octanol–water partition coefficient (Wildman–Crippen LogP) is 1.72. The number of morpholine rings is 1. The third-order valence-electron chi connectivity index (χ3n) is 3.97. The van der Waals surface area contributed by atoms with Crippen LogP contribution in [0.5, 0.6) is 0 Å². The second kappa shape index (κ2) is 6.02. The van der Waals surface area contributed by atoms with E-state index >= 15 is 0 Å². The maximum Gasteiger partial charge on any atom is 0.223 e. The number of carbonyl (C=O) groups is 1. The van der Waals surface area contributed by atoms with Gasteiger partial charge in [-0.3, -0.25) is 4.79 Å². The molecule has 21 heavy (non-hydrogen) atoms. The second-order valence-electron chi connectivity index (χ2n) is 6.18. The van der Waals surface area contributed by atoms with Crippen LogP contribution in [0.3, 0.4) is 0 Å². The van der Waals surface area contributed by atoms with Crippen molar-refractivity contribution in [2.24, 2.45) is 5.92 Å². The van der Waals surface area contributed by atoms with Crippen molar-refractivity contribution >= 4 is 11.7 Å². The molecular weight excluding hydrogens is 266 g/mol. The van der Waals surface area contributed by atoms with Crippen molar-refractivity contribution in [3.8, 4) is 0 Å². The molecule has 5 nitrogen and oxygen atoms in total. The Hall–Kier alpha value is -1.62. The largest absolute Gasteiger partial charge is 0.372 e. The first-order valence-corrected chi connectivity index (χ1v) is 7.75. The number of hydrogen-bond acceptors (Lipinski definition) is 4. The Labute approximate surface area is 125 Å². The van der Waals surface area contributed by atoms with Gasteiger partial charge in [0, 0.05) is 31.7 Å². The van der Waals surface area contributed by atoms with E-state index in [-0.39, 0.29) is 24.0 Å². The van der Waals surface area contributed by atoms with Gasteiger partial charge in [0.05, 0.1) is 12.2 Å². The number of rotatable bonds is 4. The number of nitrogens with one attached hydrogen (secondary N) is 1. The van der Waals surface area contributed by atoms with E-state index in [1.165, 1.54) is 0 Å². The van der Waals surface area contributed by atoms with Crippen LogP contribution in [-0.2, 0) is 16.1 Å². The minimum absolute atomic E-state index is 0.176. The summed E-state index contributed by atoms with van der Waals surface area (Å²) >= 11 is 0. The topological polar surface area (TPSA) is 54.5 Å². The van der Waals surface area contributed by atoms with Crippen LogP contribution in [0.2, 0.25) is 0 Å². The first kappa shape index (κ1) is 14.3. The van der Waals surface area contributed by atoms with Gasteiger partial charge in [0.15, 0.2) is 0 Å². The van der Waals surface area contributed by atoms with E-state index in [0.29, 0.717) is 6.54 Å². The molecule has 114 valence electrons. The summed E-state index contributed by atoms with van der Waals surface area (Å²) < 4.78 is 5.74. The zero-order valence-corrected chi connectivity index (χ0v) is 12.7. The summed E-state index contributed by atoms with van der Waals surface area (Å²) in [6.45, 7) is 6.48. The lowest BCUT2D eigenvalue weighted by Gasteiger charge is -2.36. The molecule has 2 fully saturated rings. The number of carbonyl (C=O) groups excluding carboxylic acids is 1. The summed E-state index contributed by atoms with van der Waals surface area (Å²) in [6.07, 6.45) is 4.39. The maximum atomic E-state index is 11.6. The molecule has 0 bridgehead atoms. The SMILES string of the molecule is CC1CN(c2ccc(CNC(=O)C3CC3)cn2)CC(C)O1. The van der Waals surface area contributed by atoms with Gasteiger partial charge in [-0.15, -0.1) is 0 Å². The van der Waals surface area contributed by atoms with E-state index in [2.05, 4.69) is 29.0 Å². The van der Waals surface area contributed by atoms with Crippen molar-refractivity contribution in [1.29, 1.82) is 0 Å². The number of nitrogens with zero attached hydrogens (tertiary/aromatic N) is 2. The van der Waals surface area contributed by atoms with Crippen LogP contribution in [0.4, 0.5) is 5.82 Å². The average molecular weight is 289 g/mol. The van der Waals surface area contributed by atoms with E-state index in [0.717, 1.165) is 37.3 Å². The standard InChI is InChI=1S/C16H23N3O2/c1-11-9-19(10-12(2)21-11)15-6-3-13(7-17-15)8-18-16(20)14-4-5-14/h3,6-7,11-12,14H,4-5,8-10H2,1-2H3,(H,18,20). The second-order valence-corrected chi connectivity index (χ2v) is 6.18. The smallest absolute Gasteiger partial charge is 0.223 e. The number of anilines is 1. The highest BCUT2D eigenvalue weighted by atomic mass is 16.5. The highest BCUT2D eigenvalue weighted by Crippen LogP contribution is 2.28. The van der Waals surface area contributed by atoms with Gasteiger partial charge in [0.2, 0.25) is 5.91 Å². The fourth-order valence-electron chi connectivity index (χ4n) is 2.75. The molecule has 1 aliphatic carbocycles. The van der Waals surface area contributed by atoms with Crippen LogP contribution < -0.4 is 10.2 Å². The average Bonchev–Trinajstić information content (AvgIpc) is 3.29. The molecule has 1 N–H and O–H groups in total. The lowest BCUT2D eigenvalue weighted by atomic mass is 10.2. The Morgan fingerprint density at radius 3 is 2.62 bits per heavy atom. The molecule has 1 aromatic rings. The zero-order chi connectivity index (χ0) is 14.8. The molecule has 1 amide bonds. The molecule has 3 rings (SSSR count). The van der Waals surface area contributed by atoms with Crippen LogP contribution in [-0.4, -0.2) is 36.2 Å². The zero-order valence-electron chi connectivity index (χ0n) is 12.7. The van der Waals surface area contributed by atoms with Crippen molar-refractivity contribution in [2.75, 3.05) is 18.0 Å². The number of ether oxygens (including phenoxy) is 1. The molecule has 2 heterocycles. The summed E-state index contributed by atoms with van der Waals surface area (Å²) in [6, 6.07) is 4.07. The quantitative estimate of drug-likeness (QED) is 0.917. The summed E-state index contributed by atoms with van der Waals surface area (Å²) in [5.41, 5.74) is 1.04. The van der Waals surface area contributed by atoms with Crippen molar-refractivity contribution in [3.63, 3.8) is 0 Å². The number of hydrogen-bond donors (Lipinski definition) is 1. The van der Waals surface area contributed by atoms with Crippen molar-refractivity contribution in [1.82, 2.24) is 10.3 Å². The van der Waals surface area contributed by atoms with Gasteiger partial charge < -0.3 is 15.0 Å². The first-order chi connectivity index (χ1) is 10.1. The Bertz CT molecular complexity index is 489. The molecule has 1 aliphatic heterocycles. The van der Waals surface area contributed by atoms with Gasteiger partial charge >= 0.3 is 0 Å². The fourth-order valence-corrected chi connectivity index (χ4v) is 2.75. The highest BCUT2D eigenvalue weighted by Gasteiger charge is 2.29. The van der Waals surface area contributed by atoms with E-state index in [4.69, 9.17) is 4.74 Å². The Kier molecular flexibility index (Phi) is 4.10. The minimum atomic E-state index is 0.176. The molecule has 2 atom stereocenters. The van der Waals surface area contributed by atoms with Crippen LogP contribution in [0, 0.1) is 5.92 Å². The molecule has 0 radical (unpaired) electrons. The molecule has 2 aliphatic rings. The lowest BCUT2D eigenvalue weighted by molar-refractivity contribution is -0.122. The van der Waals surface area contributed by atoms with Crippen LogP contribution in [0.1, 0.15) is 32.3 Å². The first-order valence-electron chi connectivity index (χ1n) is 7.75. The highest BCUT2D eigenvalue weighted by molar-refractivity contribution is 5.80. The minimum Gasteiger partial charge on any atom is -0.372 e. The molecular formula is C16H23N3O2. The van der Waals surface area contributed by atoms with Crippen molar-refractivity contribution in [2.45, 2.75) is 45.4 Å². The van der Waals surface area contributed by atoms with Crippen LogP contribution in [0.25, 0.3) is 0 Å². The normalized spacial score (nSPS) is 25.7. The molecule has 1 aromatic heterocycles. The predicted molar refractivity (Wildman–Crippen MR) is 81.0 cm³/mol. The van der Waals surface area contributed by atoms with Gasteiger partial charge in [-0.05, 0) is 38.3 Å². The Morgan fingerprint density at radius 1 is 1.33 bits per heavy atom. The Morgan fingerprint density at radius 2 is 2.05 bits per heavy atom. The number of amides is 1. The van der Waals surface area contributed by atoms with Gasteiger partial charge in [0.25, 0.3) is 0 Å². The summed E-state index contributed by atoms with van der Waals surface area (Å²) in [5.74, 6) is 1.41.